The molecule has 3 aromatic heterocycles. The van der Waals surface area contributed by atoms with Gasteiger partial charge in [-0.25, -0.2) is 14.8 Å². The number of carboxylic acids is 1. The molecule has 2 aliphatic rings. The minimum atomic E-state index is -0.981. The van der Waals surface area contributed by atoms with Gasteiger partial charge in [-0.1, -0.05) is 11.9 Å². The summed E-state index contributed by atoms with van der Waals surface area (Å²) >= 11 is 1.63. The molecule has 0 amide bonds. The molecule has 1 saturated carbocycles. The summed E-state index contributed by atoms with van der Waals surface area (Å²) in [5, 5.41) is 10.6. The van der Waals surface area contributed by atoms with Crippen LogP contribution in [0.1, 0.15) is 23.2 Å². The number of rotatable bonds is 6. The van der Waals surface area contributed by atoms with Crippen molar-refractivity contribution in [2.45, 2.75) is 25.9 Å². The van der Waals surface area contributed by atoms with E-state index >= 15 is 0 Å². The molecule has 1 aromatic carbocycles. The van der Waals surface area contributed by atoms with Crippen molar-refractivity contribution in [3.05, 3.63) is 35.9 Å². The smallest absolute Gasteiger partial charge is 0.335 e. The van der Waals surface area contributed by atoms with Crippen LogP contribution >= 0.6 is 11.9 Å². The summed E-state index contributed by atoms with van der Waals surface area (Å²) in [6.45, 7) is 2.06. The number of aromatic nitrogens is 4. The minimum absolute atomic E-state index is 0.190. The molecular formula is C23H23N5O3S. The van der Waals surface area contributed by atoms with E-state index in [1.165, 1.54) is 12.8 Å². The summed E-state index contributed by atoms with van der Waals surface area (Å²) in [4.78, 5) is 21.5. The molecule has 1 N–H and O–H groups in total. The minimum Gasteiger partial charge on any atom is -0.489 e. The molecule has 6 rings (SSSR count). The second-order valence-electron chi connectivity index (χ2n) is 8.43. The molecule has 0 atom stereocenters. The molecule has 0 saturated heterocycles. The fraction of sp³-hybridized carbons (Fsp3) is 0.348. The van der Waals surface area contributed by atoms with Crippen LogP contribution in [0, 0.1) is 5.92 Å². The van der Waals surface area contributed by atoms with Gasteiger partial charge in [-0.2, -0.15) is 0 Å². The van der Waals surface area contributed by atoms with Gasteiger partial charge in [0.15, 0.2) is 5.82 Å². The van der Waals surface area contributed by atoms with Crippen LogP contribution in [-0.2, 0) is 13.1 Å². The molecule has 0 unspecified atom stereocenters. The van der Waals surface area contributed by atoms with Gasteiger partial charge in [0.25, 0.3) is 0 Å². The Bertz CT molecular complexity index is 1390. The van der Waals surface area contributed by atoms with E-state index in [1.807, 2.05) is 19.4 Å². The van der Waals surface area contributed by atoms with E-state index in [-0.39, 0.29) is 5.56 Å². The van der Waals surface area contributed by atoms with Crippen molar-refractivity contribution in [1.82, 2.24) is 19.1 Å². The maximum atomic E-state index is 11.6. The van der Waals surface area contributed by atoms with Gasteiger partial charge in [-0.3, -0.25) is 0 Å². The average molecular weight is 450 g/mol. The number of benzene rings is 1. The second-order valence-corrected chi connectivity index (χ2v) is 9.34. The van der Waals surface area contributed by atoms with Crippen LogP contribution in [0.5, 0.6) is 5.75 Å². The van der Waals surface area contributed by atoms with E-state index in [9.17, 15) is 9.90 Å². The van der Waals surface area contributed by atoms with E-state index in [2.05, 4.69) is 25.6 Å². The van der Waals surface area contributed by atoms with Crippen molar-refractivity contribution in [3.8, 4) is 17.3 Å². The van der Waals surface area contributed by atoms with E-state index in [4.69, 9.17) is 14.7 Å². The van der Waals surface area contributed by atoms with Gasteiger partial charge in [-0.15, -0.1) is 0 Å². The number of fused-ring (bicyclic) bond motifs is 1. The van der Waals surface area contributed by atoms with Crippen LogP contribution in [0.25, 0.3) is 33.6 Å². The van der Waals surface area contributed by atoms with Crippen molar-refractivity contribution >= 4 is 45.8 Å². The standard InChI is InChI=1S/C23H23N5O3S/c1-26(32-2)19-6-5-14-10-17(28(21(14)25-19)12-13-3-4-13)22-24-16-9-15(23(29)30)11-18-20(16)27(22)7-8-31-18/h5-6,9-11,13H,3-4,7-8,12H2,1-2H3,(H,29,30). The Hall–Kier alpha value is -3.20. The third kappa shape index (κ3) is 3.02. The molecule has 4 heterocycles. The second kappa shape index (κ2) is 7.16. The highest BCUT2D eigenvalue weighted by atomic mass is 32.2. The first-order valence-electron chi connectivity index (χ1n) is 10.7. The number of ether oxygens (including phenoxy) is 1. The number of nitrogens with zero attached hydrogens (tertiary/aromatic N) is 5. The number of aromatic carboxylic acids is 1. The number of hydrogen-bond donors (Lipinski definition) is 1. The predicted octanol–water partition coefficient (Wildman–Crippen LogP) is 4.27. The highest BCUT2D eigenvalue weighted by Crippen LogP contribution is 2.39. The molecule has 1 aliphatic heterocycles. The molecule has 0 bridgehead atoms. The van der Waals surface area contributed by atoms with Crippen LogP contribution in [-0.4, -0.2) is 50.1 Å². The molecule has 4 aromatic rings. The summed E-state index contributed by atoms with van der Waals surface area (Å²) in [7, 11) is 2.01. The summed E-state index contributed by atoms with van der Waals surface area (Å²) in [5.74, 6) is 2.02. The quantitative estimate of drug-likeness (QED) is 0.440. The van der Waals surface area contributed by atoms with Crippen molar-refractivity contribution in [2.24, 2.45) is 5.92 Å². The maximum Gasteiger partial charge on any atom is 0.335 e. The molecule has 1 fully saturated rings. The van der Waals surface area contributed by atoms with Gasteiger partial charge in [-0.05, 0) is 49.1 Å². The molecule has 32 heavy (non-hydrogen) atoms. The van der Waals surface area contributed by atoms with Crippen LogP contribution in [0.2, 0.25) is 0 Å². The van der Waals surface area contributed by atoms with E-state index < -0.39 is 5.97 Å². The SMILES string of the molecule is CSN(C)c1ccc2cc(-c3nc4cc(C(=O)O)cc5c4n3CCO5)n(CC3CC3)c2n1. The van der Waals surface area contributed by atoms with Crippen LogP contribution in [0.4, 0.5) is 5.82 Å². The fourth-order valence-electron chi connectivity index (χ4n) is 4.44. The monoisotopic (exact) mass is 449 g/mol. The third-order valence-electron chi connectivity index (χ3n) is 6.32. The lowest BCUT2D eigenvalue weighted by atomic mass is 10.1. The lowest BCUT2D eigenvalue weighted by Gasteiger charge is -2.19. The number of pyridine rings is 1. The Labute approximate surface area is 188 Å². The lowest BCUT2D eigenvalue weighted by Crippen LogP contribution is -2.16. The molecule has 1 aliphatic carbocycles. The molecule has 164 valence electrons. The van der Waals surface area contributed by atoms with Crippen molar-refractivity contribution < 1.29 is 14.6 Å². The van der Waals surface area contributed by atoms with Gasteiger partial charge in [0.2, 0.25) is 0 Å². The van der Waals surface area contributed by atoms with Crippen molar-refractivity contribution in [1.29, 1.82) is 0 Å². The highest BCUT2D eigenvalue weighted by Gasteiger charge is 2.28. The Kier molecular flexibility index (Phi) is 4.36. The zero-order valence-corrected chi connectivity index (χ0v) is 18.7. The van der Waals surface area contributed by atoms with Gasteiger partial charge in [0.1, 0.15) is 29.3 Å². The number of carboxylic acid groups (broad SMARTS) is 1. The number of anilines is 1. The van der Waals surface area contributed by atoms with Crippen LogP contribution < -0.4 is 9.04 Å². The molecule has 8 nitrogen and oxygen atoms in total. The fourth-order valence-corrected chi connectivity index (χ4v) is 4.73. The molecular weight excluding hydrogens is 426 g/mol. The first kappa shape index (κ1) is 19.5. The van der Waals surface area contributed by atoms with Gasteiger partial charge in [0, 0.05) is 25.2 Å². The van der Waals surface area contributed by atoms with Gasteiger partial charge >= 0.3 is 5.97 Å². The summed E-state index contributed by atoms with van der Waals surface area (Å²) < 4.78 is 12.3. The van der Waals surface area contributed by atoms with E-state index in [0.29, 0.717) is 30.3 Å². The Morgan fingerprint density at radius 3 is 2.88 bits per heavy atom. The normalized spacial score (nSPS) is 15.3. The Balaban J connectivity index is 1.59. The maximum absolute atomic E-state index is 11.6. The first-order valence-corrected chi connectivity index (χ1v) is 11.9. The number of imidazole rings is 1. The Morgan fingerprint density at radius 1 is 1.28 bits per heavy atom. The molecule has 9 heteroatoms. The molecule has 0 spiro atoms. The van der Waals surface area contributed by atoms with Crippen LogP contribution in [0.3, 0.4) is 0 Å². The van der Waals surface area contributed by atoms with Crippen LogP contribution in [0.15, 0.2) is 30.3 Å². The van der Waals surface area contributed by atoms with Crippen molar-refractivity contribution in [2.75, 3.05) is 24.2 Å². The summed E-state index contributed by atoms with van der Waals surface area (Å²) in [6, 6.07) is 9.55. The summed E-state index contributed by atoms with van der Waals surface area (Å²) in [5.41, 5.74) is 3.67. The lowest BCUT2D eigenvalue weighted by molar-refractivity contribution is 0.0696. The van der Waals surface area contributed by atoms with Crippen molar-refractivity contribution in [3.63, 3.8) is 0 Å². The topological polar surface area (TPSA) is 85.4 Å². The number of hydrogen-bond acceptors (Lipinski definition) is 6. The van der Waals surface area contributed by atoms with Gasteiger partial charge < -0.3 is 23.3 Å². The van der Waals surface area contributed by atoms with Gasteiger partial charge in [0.05, 0.1) is 23.3 Å². The number of carbonyl (C=O) groups is 1. The van der Waals surface area contributed by atoms with E-state index in [1.54, 1.807) is 24.1 Å². The zero-order valence-electron chi connectivity index (χ0n) is 17.9. The first-order chi connectivity index (χ1) is 15.5. The largest absolute Gasteiger partial charge is 0.489 e. The average Bonchev–Trinajstić information content (AvgIpc) is 3.45. The highest BCUT2D eigenvalue weighted by molar-refractivity contribution is 7.99. The predicted molar refractivity (Wildman–Crippen MR) is 126 cm³/mol. The zero-order chi connectivity index (χ0) is 22.0. The third-order valence-corrected chi connectivity index (χ3v) is 7.05. The summed E-state index contributed by atoms with van der Waals surface area (Å²) in [6.07, 6.45) is 4.51. The molecule has 0 radical (unpaired) electrons. The Morgan fingerprint density at radius 2 is 2.12 bits per heavy atom. The van der Waals surface area contributed by atoms with E-state index in [0.717, 1.165) is 40.4 Å².